The predicted octanol–water partition coefficient (Wildman–Crippen LogP) is 2.10. The van der Waals surface area contributed by atoms with Gasteiger partial charge in [0.2, 0.25) is 0 Å². The first kappa shape index (κ1) is 19.5. The minimum absolute atomic E-state index is 0.214. The molecule has 0 saturated carbocycles. The van der Waals surface area contributed by atoms with E-state index in [2.05, 4.69) is 18.7 Å². The van der Waals surface area contributed by atoms with Crippen LogP contribution < -0.4 is 0 Å². The van der Waals surface area contributed by atoms with Gasteiger partial charge in [-0.1, -0.05) is 13.8 Å². The van der Waals surface area contributed by atoms with Gasteiger partial charge in [-0.2, -0.15) is 0 Å². The van der Waals surface area contributed by atoms with Gasteiger partial charge in [0.1, 0.15) is 5.60 Å². The molecule has 24 heavy (non-hydrogen) atoms. The van der Waals surface area contributed by atoms with Crippen LogP contribution in [-0.2, 0) is 9.47 Å². The average Bonchev–Trinajstić information content (AvgIpc) is 2.88. The minimum Gasteiger partial charge on any atom is -0.444 e. The summed E-state index contributed by atoms with van der Waals surface area (Å²) in [6.07, 6.45) is 1.49. The molecule has 6 heteroatoms. The third-order valence-electron chi connectivity index (χ3n) is 4.76. The van der Waals surface area contributed by atoms with Crippen LogP contribution in [0.25, 0.3) is 0 Å². The number of rotatable bonds is 5. The zero-order valence-electron chi connectivity index (χ0n) is 16.0. The van der Waals surface area contributed by atoms with Crippen LogP contribution in [0.4, 0.5) is 4.79 Å². The summed E-state index contributed by atoms with van der Waals surface area (Å²) in [7, 11) is 1.66. The van der Waals surface area contributed by atoms with Gasteiger partial charge in [-0.05, 0) is 39.0 Å². The topological polar surface area (TPSA) is 62.2 Å². The monoisotopic (exact) mass is 342 g/mol. The Balaban J connectivity index is 1.83. The summed E-state index contributed by atoms with van der Waals surface area (Å²) in [5, 5.41) is 10.4. The van der Waals surface area contributed by atoms with Crippen molar-refractivity contribution < 1.29 is 19.4 Å². The summed E-state index contributed by atoms with van der Waals surface area (Å²) >= 11 is 0. The highest BCUT2D eigenvalue weighted by molar-refractivity contribution is 5.67. The SMILES string of the molecule is CN(C[C@H](O)CN1CC(C)(C)[C@@H]1[C@H]1CCCO1)C(=O)OC(C)(C)C. The Kier molecular flexibility index (Phi) is 5.83. The molecule has 0 aliphatic carbocycles. The minimum atomic E-state index is -0.595. The van der Waals surface area contributed by atoms with E-state index in [-0.39, 0.29) is 18.1 Å². The van der Waals surface area contributed by atoms with Crippen molar-refractivity contribution in [1.82, 2.24) is 9.80 Å². The Labute approximate surface area is 146 Å². The van der Waals surface area contributed by atoms with Crippen molar-refractivity contribution in [3.63, 3.8) is 0 Å². The van der Waals surface area contributed by atoms with E-state index in [0.29, 0.717) is 12.6 Å². The molecule has 3 atom stereocenters. The molecule has 0 aromatic carbocycles. The number of ether oxygens (including phenoxy) is 2. The number of likely N-dealkylation sites (tertiary alicyclic amines) is 1. The van der Waals surface area contributed by atoms with Gasteiger partial charge in [0.15, 0.2) is 0 Å². The van der Waals surface area contributed by atoms with Crippen LogP contribution in [0.1, 0.15) is 47.5 Å². The molecule has 0 spiro atoms. The number of hydrogen-bond donors (Lipinski definition) is 1. The number of likely N-dealkylation sites (N-methyl/N-ethyl adjacent to an activating group) is 1. The molecular weight excluding hydrogens is 308 g/mol. The Morgan fingerprint density at radius 1 is 1.46 bits per heavy atom. The van der Waals surface area contributed by atoms with Crippen molar-refractivity contribution in [2.75, 3.05) is 33.3 Å². The second-order valence-electron chi connectivity index (χ2n) is 8.93. The summed E-state index contributed by atoms with van der Waals surface area (Å²) < 4.78 is 11.2. The summed E-state index contributed by atoms with van der Waals surface area (Å²) in [6, 6.07) is 0.349. The Bertz CT molecular complexity index is 441. The number of carbonyl (C=O) groups is 1. The fourth-order valence-electron chi connectivity index (χ4n) is 3.92. The van der Waals surface area contributed by atoms with E-state index in [0.717, 1.165) is 26.0 Å². The van der Waals surface area contributed by atoms with Crippen LogP contribution in [0, 0.1) is 5.41 Å². The molecule has 2 aliphatic rings. The first-order valence-corrected chi connectivity index (χ1v) is 8.97. The molecule has 0 aromatic heterocycles. The van der Waals surface area contributed by atoms with Crippen molar-refractivity contribution in [3.8, 4) is 0 Å². The smallest absolute Gasteiger partial charge is 0.410 e. The number of carbonyl (C=O) groups excluding carboxylic acids is 1. The van der Waals surface area contributed by atoms with Gasteiger partial charge in [-0.25, -0.2) is 4.79 Å². The highest BCUT2D eigenvalue weighted by Gasteiger charge is 2.50. The van der Waals surface area contributed by atoms with Gasteiger partial charge < -0.3 is 19.5 Å². The largest absolute Gasteiger partial charge is 0.444 e. The van der Waals surface area contributed by atoms with E-state index in [4.69, 9.17) is 9.47 Å². The van der Waals surface area contributed by atoms with Crippen molar-refractivity contribution in [1.29, 1.82) is 0 Å². The number of hydrogen-bond acceptors (Lipinski definition) is 5. The summed E-state index contributed by atoms with van der Waals surface area (Å²) in [6.45, 7) is 12.6. The van der Waals surface area contributed by atoms with Crippen LogP contribution in [-0.4, -0.2) is 78.1 Å². The molecule has 2 fully saturated rings. The van der Waals surface area contributed by atoms with E-state index in [1.165, 1.54) is 4.90 Å². The molecule has 0 bridgehead atoms. The van der Waals surface area contributed by atoms with Crippen LogP contribution in [0.5, 0.6) is 0 Å². The number of nitrogens with zero attached hydrogens (tertiary/aromatic N) is 2. The van der Waals surface area contributed by atoms with Gasteiger partial charge in [-0.3, -0.25) is 4.90 Å². The molecule has 0 aromatic rings. The highest BCUT2D eigenvalue weighted by atomic mass is 16.6. The lowest BCUT2D eigenvalue weighted by Gasteiger charge is -2.57. The van der Waals surface area contributed by atoms with Gasteiger partial charge in [0.05, 0.1) is 18.8 Å². The molecule has 1 N–H and O–H groups in total. The molecule has 2 rings (SSSR count). The van der Waals surface area contributed by atoms with E-state index in [1.807, 2.05) is 20.8 Å². The van der Waals surface area contributed by atoms with Gasteiger partial charge in [-0.15, -0.1) is 0 Å². The molecule has 0 radical (unpaired) electrons. The average molecular weight is 342 g/mol. The van der Waals surface area contributed by atoms with Crippen molar-refractivity contribution in [2.24, 2.45) is 5.41 Å². The highest BCUT2D eigenvalue weighted by Crippen LogP contribution is 2.42. The van der Waals surface area contributed by atoms with Gasteiger partial charge in [0.25, 0.3) is 0 Å². The van der Waals surface area contributed by atoms with Crippen molar-refractivity contribution >= 4 is 6.09 Å². The zero-order valence-corrected chi connectivity index (χ0v) is 16.0. The third-order valence-corrected chi connectivity index (χ3v) is 4.76. The molecule has 2 saturated heterocycles. The predicted molar refractivity (Wildman–Crippen MR) is 93.0 cm³/mol. The van der Waals surface area contributed by atoms with Gasteiger partial charge in [0, 0.05) is 32.8 Å². The molecule has 0 unspecified atom stereocenters. The van der Waals surface area contributed by atoms with Crippen LogP contribution in [0.15, 0.2) is 0 Å². The lowest BCUT2D eigenvalue weighted by Crippen LogP contribution is -2.68. The fourth-order valence-corrected chi connectivity index (χ4v) is 3.92. The second-order valence-corrected chi connectivity index (χ2v) is 8.93. The molecule has 2 aliphatic heterocycles. The zero-order chi connectivity index (χ0) is 18.1. The number of β-amino-alcohol motifs (C(OH)–C–C–N with tert-alkyl or cyclic N) is 1. The van der Waals surface area contributed by atoms with Crippen molar-refractivity contribution in [3.05, 3.63) is 0 Å². The summed E-state index contributed by atoms with van der Waals surface area (Å²) in [5.74, 6) is 0. The maximum Gasteiger partial charge on any atom is 0.410 e. The van der Waals surface area contributed by atoms with E-state index in [1.54, 1.807) is 7.05 Å². The molecular formula is C18H34N2O4. The van der Waals surface area contributed by atoms with Gasteiger partial charge >= 0.3 is 6.09 Å². The Hall–Kier alpha value is -0.850. The first-order valence-electron chi connectivity index (χ1n) is 8.97. The van der Waals surface area contributed by atoms with E-state index in [9.17, 15) is 9.90 Å². The molecule has 2 heterocycles. The van der Waals surface area contributed by atoms with E-state index >= 15 is 0 Å². The lowest BCUT2D eigenvalue weighted by atomic mass is 9.71. The number of aliphatic hydroxyl groups excluding tert-OH is 1. The molecule has 140 valence electrons. The van der Waals surface area contributed by atoms with Crippen LogP contribution in [0.3, 0.4) is 0 Å². The van der Waals surface area contributed by atoms with Crippen LogP contribution >= 0.6 is 0 Å². The quantitative estimate of drug-likeness (QED) is 0.829. The molecule has 1 amide bonds. The standard InChI is InChI=1S/C18H34N2O4/c1-17(2,3)24-16(22)19(6)10-13(21)11-20-12-18(4,5)15(20)14-8-7-9-23-14/h13-15,21H,7-12H2,1-6H3/t13-,14+,15-/m0/s1. The Morgan fingerprint density at radius 2 is 2.12 bits per heavy atom. The summed E-state index contributed by atoms with van der Waals surface area (Å²) in [5.41, 5.74) is -0.311. The van der Waals surface area contributed by atoms with Crippen LogP contribution in [0.2, 0.25) is 0 Å². The fraction of sp³-hybridized carbons (Fsp3) is 0.944. The normalized spacial score (nSPS) is 28.3. The third kappa shape index (κ3) is 4.83. The maximum atomic E-state index is 12.0. The first-order chi connectivity index (χ1) is 11.0. The van der Waals surface area contributed by atoms with E-state index < -0.39 is 17.8 Å². The number of amides is 1. The Morgan fingerprint density at radius 3 is 2.62 bits per heavy atom. The lowest BCUT2D eigenvalue weighted by molar-refractivity contribution is -0.130. The van der Waals surface area contributed by atoms with Crippen molar-refractivity contribution in [2.45, 2.75) is 71.3 Å². The second kappa shape index (κ2) is 7.18. The number of aliphatic hydroxyl groups is 1. The summed E-state index contributed by atoms with van der Waals surface area (Å²) in [4.78, 5) is 15.7. The maximum absolute atomic E-state index is 12.0. The molecule has 6 nitrogen and oxygen atoms in total.